The second-order valence-electron chi connectivity index (χ2n) is 6.46. The van der Waals surface area contributed by atoms with Crippen molar-refractivity contribution in [2.45, 2.75) is 24.4 Å². The van der Waals surface area contributed by atoms with Gasteiger partial charge in [0.05, 0.1) is 11.3 Å². The smallest absolute Gasteiger partial charge is 0.416 e. The lowest BCUT2D eigenvalue weighted by Gasteiger charge is -2.16. The Morgan fingerprint density at radius 2 is 1.70 bits per heavy atom. The minimum Gasteiger partial charge on any atom is -0.439 e. The molecule has 0 saturated heterocycles. The summed E-state index contributed by atoms with van der Waals surface area (Å²) in [4.78, 5) is 8.41. The first-order valence-corrected chi connectivity index (χ1v) is 8.68. The number of benzene rings is 2. The fraction of sp³-hybridized carbons (Fsp3) is 0.200. The van der Waals surface area contributed by atoms with Crippen molar-refractivity contribution in [3.63, 3.8) is 0 Å². The summed E-state index contributed by atoms with van der Waals surface area (Å²) in [5, 5.41) is 0.658. The van der Waals surface area contributed by atoms with Gasteiger partial charge in [0.15, 0.2) is 0 Å². The molecule has 3 aromatic rings. The Morgan fingerprint density at radius 1 is 0.963 bits per heavy atom. The summed E-state index contributed by atoms with van der Waals surface area (Å²) >= 11 is 5.96. The number of hydrogen-bond acceptors (Lipinski definition) is 3. The van der Waals surface area contributed by atoms with Gasteiger partial charge in [-0.05, 0) is 48.7 Å². The monoisotopic (exact) mass is 390 g/mol. The van der Waals surface area contributed by atoms with Crippen LogP contribution in [-0.2, 0) is 11.6 Å². The quantitative estimate of drug-likeness (QED) is 0.546. The second kappa shape index (κ2) is 6.53. The van der Waals surface area contributed by atoms with E-state index in [1.807, 2.05) is 24.3 Å². The minimum absolute atomic E-state index is 0.0748. The zero-order chi connectivity index (χ0) is 19.1. The van der Waals surface area contributed by atoms with Crippen LogP contribution in [-0.4, -0.2) is 9.97 Å². The number of hydrogen-bond donors (Lipinski definition) is 0. The highest BCUT2D eigenvalue weighted by Crippen LogP contribution is 2.53. The molecule has 0 radical (unpaired) electrons. The summed E-state index contributed by atoms with van der Waals surface area (Å²) in [6.07, 6.45) is -1.21. The van der Waals surface area contributed by atoms with Gasteiger partial charge in [-0.3, -0.25) is 0 Å². The lowest BCUT2D eigenvalue weighted by atomic mass is 9.92. The van der Waals surface area contributed by atoms with Gasteiger partial charge < -0.3 is 4.74 Å². The first kappa shape index (κ1) is 17.8. The van der Waals surface area contributed by atoms with E-state index in [1.165, 1.54) is 18.5 Å². The van der Waals surface area contributed by atoms with Crippen LogP contribution in [0.5, 0.6) is 11.6 Å². The molecule has 4 rings (SSSR count). The molecule has 0 amide bonds. The van der Waals surface area contributed by atoms with Crippen LogP contribution in [0.2, 0.25) is 5.02 Å². The van der Waals surface area contributed by atoms with E-state index in [2.05, 4.69) is 9.97 Å². The molecule has 1 aliphatic rings. The van der Waals surface area contributed by atoms with E-state index in [-0.39, 0.29) is 17.0 Å². The molecule has 1 fully saturated rings. The number of alkyl halides is 3. The van der Waals surface area contributed by atoms with Gasteiger partial charge in [0.25, 0.3) is 0 Å². The van der Waals surface area contributed by atoms with Crippen LogP contribution in [0.1, 0.15) is 29.7 Å². The van der Waals surface area contributed by atoms with Gasteiger partial charge in [-0.25, -0.2) is 9.97 Å². The van der Waals surface area contributed by atoms with Gasteiger partial charge in [-0.1, -0.05) is 29.8 Å². The summed E-state index contributed by atoms with van der Waals surface area (Å²) in [7, 11) is 0. The molecule has 3 nitrogen and oxygen atoms in total. The molecule has 27 heavy (non-hydrogen) atoms. The maximum atomic E-state index is 12.9. The number of ether oxygens (including phenoxy) is 1. The fourth-order valence-corrected chi connectivity index (χ4v) is 3.23. The molecule has 1 heterocycles. The molecule has 0 atom stereocenters. The third-order valence-corrected chi connectivity index (χ3v) is 4.91. The summed E-state index contributed by atoms with van der Waals surface area (Å²) in [6, 6.07) is 14.0. The lowest BCUT2D eigenvalue weighted by Crippen LogP contribution is -2.11. The van der Waals surface area contributed by atoms with Crippen molar-refractivity contribution >= 4 is 11.6 Å². The molecule has 0 unspecified atom stereocenters. The predicted octanol–water partition coefficient (Wildman–Crippen LogP) is 6.02. The van der Waals surface area contributed by atoms with Crippen molar-refractivity contribution in [2.75, 3.05) is 0 Å². The number of halogens is 4. The maximum absolute atomic E-state index is 12.9. The highest BCUT2D eigenvalue weighted by atomic mass is 35.5. The summed E-state index contributed by atoms with van der Waals surface area (Å²) in [5.41, 5.74) is 0.881. The average Bonchev–Trinajstić information content (AvgIpc) is 3.44. The zero-order valence-corrected chi connectivity index (χ0v) is 14.8. The van der Waals surface area contributed by atoms with Crippen molar-refractivity contribution in [3.8, 4) is 11.6 Å². The van der Waals surface area contributed by atoms with Crippen molar-refractivity contribution in [3.05, 3.63) is 82.8 Å². The summed E-state index contributed by atoms with van der Waals surface area (Å²) in [6.45, 7) is 0. The van der Waals surface area contributed by atoms with Crippen LogP contribution in [0.15, 0.2) is 60.9 Å². The topological polar surface area (TPSA) is 35.0 Å². The fourth-order valence-electron chi connectivity index (χ4n) is 3.10. The Morgan fingerprint density at radius 3 is 2.37 bits per heavy atom. The van der Waals surface area contributed by atoms with Crippen molar-refractivity contribution in [1.82, 2.24) is 9.97 Å². The van der Waals surface area contributed by atoms with Gasteiger partial charge in [0, 0.05) is 16.5 Å². The van der Waals surface area contributed by atoms with E-state index in [1.54, 1.807) is 6.07 Å². The van der Waals surface area contributed by atoms with Crippen LogP contribution in [0.3, 0.4) is 0 Å². The zero-order valence-electron chi connectivity index (χ0n) is 14.0. The first-order valence-electron chi connectivity index (χ1n) is 8.30. The minimum atomic E-state index is -4.43. The van der Waals surface area contributed by atoms with Gasteiger partial charge in [-0.2, -0.15) is 13.2 Å². The normalized spacial score (nSPS) is 15.4. The highest BCUT2D eigenvalue weighted by molar-refractivity contribution is 6.30. The van der Waals surface area contributed by atoms with E-state index >= 15 is 0 Å². The summed E-state index contributed by atoms with van der Waals surface area (Å²) in [5.74, 6) is 0.283. The molecule has 0 aliphatic heterocycles. The van der Waals surface area contributed by atoms with Gasteiger partial charge in [0.2, 0.25) is 5.88 Å². The Kier molecular flexibility index (Phi) is 4.30. The first-order chi connectivity index (χ1) is 12.9. The predicted molar refractivity (Wildman–Crippen MR) is 95.0 cm³/mol. The molecule has 2 aromatic carbocycles. The Labute approximate surface area is 158 Å². The second-order valence-corrected chi connectivity index (χ2v) is 6.89. The van der Waals surface area contributed by atoms with Crippen LogP contribution in [0, 0.1) is 0 Å². The number of rotatable bonds is 4. The van der Waals surface area contributed by atoms with Crippen molar-refractivity contribution in [1.29, 1.82) is 0 Å². The molecule has 7 heteroatoms. The van der Waals surface area contributed by atoms with E-state index < -0.39 is 11.7 Å². The van der Waals surface area contributed by atoms with E-state index in [0.29, 0.717) is 5.02 Å². The van der Waals surface area contributed by atoms with Crippen LogP contribution < -0.4 is 4.74 Å². The van der Waals surface area contributed by atoms with Gasteiger partial charge in [-0.15, -0.1) is 0 Å². The lowest BCUT2D eigenvalue weighted by molar-refractivity contribution is -0.137. The highest BCUT2D eigenvalue weighted by Gasteiger charge is 2.47. The molecule has 0 spiro atoms. The molecule has 1 aliphatic carbocycles. The molecular weight excluding hydrogens is 377 g/mol. The summed E-state index contributed by atoms with van der Waals surface area (Å²) < 4.78 is 44.1. The number of aromatic nitrogens is 2. The Hall–Kier alpha value is -2.60. The molecule has 0 N–H and O–H groups in total. The van der Waals surface area contributed by atoms with Gasteiger partial charge >= 0.3 is 6.18 Å². The third-order valence-electron chi connectivity index (χ3n) is 4.66. The van der Waals surface area contributed by atoms with E-state index in [0.717, 1.165) is 36.2 Å². The molecule has 138 valence electrons. The Bertz CT molecular complexity index is 969. The standard InChI is InChI=1S/C20H14ClF3N2O/c21-15-6-4-13(5-7-15)19(8-9-19)17-11-18(26-12-25-17)27-16-3-1-2-14(10-16)20(22,23)24/h1-7,10-12H,8-9H2. The van der Waals surface area contributed by atoms with Crippen LogP contribution >= 0.6 is 11.6 Å². The van der Waals surface area contributed by atoms with Crippen LogP contribution in [0.4, 0.5) is 13.2 Å². The van der Waals surface area contributed by atoms with E-state index in [9.17, 15) is 13.2 Å². The third kappa shape index (κ3) is 3.62. The van der Waals surface area contributed by atoms with E-state index in [4.69, 9.17) is 16.3 Å². The maximum Gasteiger partial charge on any atom is 0.416 e. The molecule has 1 aromatic heterocycles. The Balaban J connectivity index is 1.61. The molecular formula is C20H14ClF3N2O. The van der Waals surface area contributed by atoms with Crippen LogP contribution in [0.25, 0.3) is 0 Å². The molecule has 0 bridgehead atoms. The van der Waals surface area contributed by atoms with Gasteiger partial charge in [0.1, 0.15) is 12.1 Å². The van der Waals surface area contributed by atoms with Crippen molar-refractivity contribution < 1.29 is 17.9 Å². The largest absolute Gasteiger partial charge is 0.439 e. The average molecular weight is 391 g/mol. The molecule has 1 saturated carbocycles. The van der Waals surface area contributed by atoms with Crippen molar-refractivity contribution in [2.24, 2.45) is 0 Å². The number of nitrogens with zero attached hydrogens (tertiary/aromatic N) is 2. The SMILES string of the molecule is FC(F)(F)c1cccc(Oc2cc(C3(c4ccc(Cl)cc4)CC3)ncn2)c1.